The Labute approximate surface area is 96.7 Å². The summed E-state index contributed by atoms with van der Waals surface area (Å²) in [5.41, 5.74) is 1.77. The van der Waals surface area contributed by atoms with Crippen LogP contribution in [-0.2, 0) is 6.42 Å². The van der Waals surface area contributed by atoms with Crippen LogP contribution in [0.15, 0.2) is 12.5 Å². The number of nitrogens with one attached hydrogen (secondary N) is 1. The van der Waals surface area contributed by atoms with Crippen molar-refractivity contribution in [2.75, 3.05) is 18.0 Å². The molecule has 1 aliphatic heterocycles. The van der Waals surface area contributed by atoms with Crippen LogP contribution in [0.3, 0.4) is 0 Å². The van der Waals surface area contributed by atoms with Crippen LogP contribution in [0.4, 0.5) is 14.6 Å². The zero-order chi connectivity index (χ0) is 12.0. The normalized spacial score (nSPS) is 18.4. The van der Waals surface area contributed by atoms with Gasteiger partial charge in [0, 0.05) is 6.20 Å². The van der Waals surface area contributed by atoms with Gasteiger partial charge < -0.3 is 9.88 Å². The Morgan fingerprint density at radius 3 is 2.82 bits per heavy atom. The second-order valence-electron chi connectivity index (χ2n) is 4.30. The molecule has 1 fully saturated rings. The lowest BCUT2D eigenvalue weighted by molar-refractivity contribution is -0.0265. The maximum atomic E-state index is 12.9. The number of alkyl halides is 2. The van der Waals surface area contributed by atoms with Gasteiger partial charge in [-0.05, 0) is 12.0 Å². The van der Waals surface area contributed by atoms with Crippen LogP contribution in [0, 0.1) is 0 Å². The van der Waals surface area contributed by atoms with E-state index in [4.69, 9.17) is 0 Å². The molecule has 3 heterocycles. The third kappa shape index (κ3) is 1.55. The Morgan fingerprint density at radius 2 is 2.18 bits per heavy atom. The average Bonchev–Trinajstić information content (AvgIpc) is 2.68. The summed E-state index contributed by atoms with van der Waals surface area (Å²) in [6.07, 6.45) is 4.09. The topological polar surface area (TPSA) is 44.8 Å². The monoisotopic (exact) mass is 238 g/mol. The van der Waals surface area contributed by atoms with E-state index in [9.17, 15) is 8.78 Å². The van der Waals surface area contributed by atoms with Gasteiger partial charge in [0.2, 0.25) is 0 Å². The Kier molecular flexibility index (Phi) is 2.08. The molecule has 1 N–H and O–H groups in total. The number of aromatic nitrogens is 3. The molecular formula is C11H12F2N4. The number of aryl methyl sites for hydroxylation is 1. The van der Waals surface area contributed by atoms with Gasteiger partial charge in [0.05, 0.1) is 18.5 Å². The summed E-state index contributed by atoms with van der Waals surface area (Å²) < 4.78 is 25.8. The molecular weight excluding hydrogens is 226 g/mol. The first-order chi connectivity index (χ1) is 8.11. The Morgan fingerprint density at radius 1 is 1.41 bits per heavy atom. The largest absolute Gasteiger partial charge is 0.346 e. The zero-order valence-corrected chi connectivity index (χ0v) is 9.37. The third-order valence-electron chi connectivity index (χ3n) is 3.06. The predicted octanol–water partition coefficient (Wildman–Crippen LogP) is 1.98. The number of hydrogen-bond donors (Lipinski definition) is 1. The van der Waals surface area contributed by atoms with E-state index < -0.39 is 5.92 Å². The highest BCUT2D eigenvalue weighted by atomic mass is 19.3. The van der Waals surface area contributed by atoms with E-state index >= 15 is 0 Å². The van der Waals surface area contributed by atoms with Crippen molar-refractivity contribution in [3.63, 3.8) is 0 Å². The lowest BCUT2D eigenvalue weighted by atomic mass is 10.1. The molecule has 0 aromatic carbocycles. The molecule has 0 bridgehead atoms. The predicted molar refractivity (Wildman–Crippen MR) is 60.4 cm³/mol. The van der Waals surface area contributed by atoms with Gasteiger partial charge in [-0.15, -0.1) is 0 Å². The van der Waals surface area contributed by atoms with E-state index in [1.807, 2.05) is 13.1 Å². The van der Waals surface area contributed by atoms with Gasteiger partial charge in [-0.3, -0.25) is 0 Å². The second-order valence-corrected chi connectivity index (χ2v) is 4.30. The molecule has 0 radical (unpaired) electrons. The lowest BCUT2D eigenvalue weighted by Gasteiger charge is -2.39. The molecule has 0 spiro atoms. The first kappa shape index (κ1) is 10.4. The highest BCUT2D eigenvalue weighted by Gasteiger charge is 2.45. The molecule has 1 saturated heterocycles. The summed E-state index contributed by atoms with van der Waals surface area (Å²) in [4.78, 5) is 12.9. The summed E-state index contributed by atoms with van der Waals surface area (Å²) in [6.45, 7) is 1.50. The molecule has 0 atom stereocenters. The minimum atomic E-state index is -2.58. The Hall–Kier alpha value is -1.72. The van der Waals surface area contributed by atoms with Crippen LogP contribution in [0.25, 0.3) is 11.0 Å². The van der Waals surface area contributed by atoms with Crippen molar-refractivity contribution in [2.45, 2.75) is 19.3 Å². The van der Waals surface area contributed by atoms with E-state index in [2.05, 4.69) is 15.0 Å². The van der Waals surface area contributed by atoms with Gasteiger partial charge in [-0.25, -0.2) is 18.7 Å². The van der Waals surface area contributed by atoms with Gasteiger partial charge in [0.15, 0.2) is 0 Å². The minimum Gasteiger partial charge on any atom is -0.346 e. The van der Waals surface area contributed by atoms with Crippen molar-refractivity contribution < 1.29 is 8.78 Å². The number of halogens is 2. The Balaban J connectivity index is 2.07. The highest BCUT2D eigenvalue weighted by molar-refractivity contribution is 5.91. The number of fused-ring (bicyclic) bond motifs is 1. The lowest BCUT2D eigenvalue weighted by Crippen LogP contribution is -2.56. The molecule has 4 nitrogen and oxygen atoms in total. The highest BCUT2D eigenvalue weighted by Crippen LogP contribution is 2.35. The van der Waals surface area contributed by atoms with Crippen LogP contribution in [0.1, 0.15) is 12.5 Å². The van der Waals surface area contributed by atoms with Gasteiger partial charge in [-0.1, -0.05) is 6.92 Å². The average molecular weight is 238 g/mol. The van der Waals surface area contributed by atoms with Crippen molar-refractivity contribution in [1.82, 2.24) is 15.0 Å². The fourth-order valence-electron chi connectivity index (χ4n) is 2.19. The maximum absolute atomic E-state index is 12.9. The summed E-state index contributed by atoms with van der Waals surface area (Å²) in [5, 5.41) is 0.866. The van der Waals surface area contributed by atoms with Crippen LogP contribution < -0.4 is 4.90 Å². The van der Waals surface area contributed by atoms with Gasteiger partial charge in [-0.2, -0.15) is 0 Å². The molecule has 6 heteroatoms. The smallest absolute Gasteiger partial charge is 0.282 e. The first-order valence-corrected chi connectivity index (χ1v) is 5.54. The van der Waals surface area contributed by atoms with E-state index in [1.54, 1.807) is 4.90 Å². The van der Waals surface area contributed by atoms with Gasteiger partial charge >= 0.3 is 0 Å². The number of rotatable bonds is 2. The van der Waals surface area contributed by atoms with Crippen molar-refractivity contribution in [3.05, 3.63) is 18.1 Å². The quantitative estimate of drug-likeness (QED) is 0.870. The molecule has 2 aromatic heterocycles. The first-order valence-electron chi connectivity index (χ1n) is 5.54. The molecule has 0 amide bonds. The fourth-order valence-corrected chi connectivity index (χ4v) is 2.19. The molecule has 2 aromatic rings. The molecule has 3 rings (SSSR count). The fraction of sp³-hybridized carbons (Fsp3) is 0.455. The third-order valence-corrected chi connectivity index (χ3v) is 3.06. The van der Waals surface area contributed by atoms with Crippen LogP contribution in [0.2, 0.25) is 0 Å². The van der Waals surface area contributed by atoms with Crippen LogP contribution in [-0.4, -0.2) is 34.0 Å². The SMILES string of the molecule is CCc1c[nH]c2ncnc(N3CC(F)(F)C3)c12. The minimum absolute atomic E-state index is 0.257. The molecule has 0 saturated carbocycles. The van der Waals surface area contributed by atoms with Crippen molar-refractivity contribution in [3.8, 4) is 0 Å². The van der Waals surface area contributed by atoms with Crippen molar-refractivity contribution >= 4 is 16.9 Å². The molecule has 0 unspecified atom stereocenters. The molecule has 90 valence electrons. The number of nitrogens with zero attached hydrogens (tertiary/aromatic N) is 3. The Bertz CT molecular complexity index is 556. The number of H-pyrrole nitrogens is 1. The molecule has 17 heavy (non-hydrogen) atoms. The van der Waals surface area contributed by atoms with Crippen LogP contribution >= 0.6 is 0 Å². The van der Waals surface area contributed by atoms with E-state index in [0.29, 0.717) is 11.5 Å². The number of anilines is 1. The maximum Gasteiger partial charge on any atom is 0.282 e. The zero-order valence-electron chi connectivity index (χ0n) is 9.37. The van der Waals surface area contributed by atoms with Crippen molar-refractivity contribution in [2.24, 2.45) is 0 Å². The summed E-state index contributed by atoms with van der Waals surface area (Å²) in [5.74, 6) is -1.97. The summed E-state index contributed by atoms with van der Waals surface area (Å²) in [6, 6.07) is 0. The summed E-state index contributed by atoms with van der Waals surface area (Å²) >= 11 is 0. The standard InChI is InChI=1S/C11H12F2N4/c1-2-7-3-14-9-8(7)10(16-6-15-9)17-4-11(12,13)5-17/h3,6H,2,4-5H2,1H3,(H,14,15,16). The molecule has 1 aliphatic rings. The van der Waals surface area contributed by atoms with Gasteiger partial charge in [0.25, 0.3) is 5.92 Å². The van der Waals surface area contributed by atoms with E-state index in [-0.39, 0.29) is 13.1 Å². The second kappa shape index (κ2) is 3.38. The van der Waals surface area contributed by atoms with Crippen LogP contribution in [0.5, 0.6) is 0 Å². The molecule has 0 aliphatic carbocycles. The van der Waals surface area contributed by atoms with E-state index in [1.165, 1.54) is 6.33 Å². The number of aromatic amines is 1. The van der Waals surface area contributed by atoms with Crippen molar-refractivity contribution in [1.29, 1.82) is 0 Å². The van der Waals surface area contributed by atoms with E-state index in [0.717, 1.165) is 17.4 Å². The summed E-state index contributed by atoms with van der Waals surface area (Å²) in [7, 11) is 0. The number of hydrogen-bond acceptors (Lipinski definition) is 3. The van der Waals surface area contributed by atoms with Gasteiger partial charge in [0.1, 0.15) is 17.8 Å².